The summed E-state index contributed by atoms with van der Waals surface area (Å²) >= 11 is 0. The Bertz CT molecular complexity index is 531. The third kappa shape index (κ3) is 3.51. The zero-order valence-corrected chi connectivity index (χ0v) is 12.0. The Morgan fingerprint density at radius 2 is 1.95 bits per heavy atom. The van der Waals surface area contributed by atoms with Gasteiger partial charge in [0.1, 0.15) is 11.6 Å². The van der Waals surface area contributed by atoms with Crippen molar-refractivity contribution in [3.05, 3.63) is 30.1 Å². The van der Waals surface area contributed by atoms with E-state index in [-0.39, 0.29) is 24.2 Å². The number of amides is 1. The van der Waals surface area contributed by atoms with Crippen molar-refractivity contribution >= 4 is 11.9 Å². The number of carbonyl (C=O) groups excluding carboxylic acids is 1. The molecular weight excluding hydrogens is 277 g/mol. The third-order valence-electron chi connectivity index (χ3n) is 3.72. The Morgan fingerprint density at radius 1 is 1.33 bits per heavy atom. The second-order valence-electron chi connectivity index (χ2n) is 5.38. The number of hydrogen-bond acceptors (Lipinski definition) is 3. The summed E-state index contributed by atoms with van der Waals surface area (Å²) in [4.78, 5) is 24.8. The van der Waals surface area contributed by atoms with Crippen molar-refractivity contribution in [1.29, 1.82) is 0 Å². The second-order valence-corrected chi connectivity index (χ2v) is 5.38. The van der Waals surface area contributed by atoms with E-state index in [0.29, 0.717) is 12.3 Å². The van der Waals surface area contributed by atoms with Crippen LogP contribution in [-0.4, -0.2) is 41.1 Å². The Kier molecular flexibility index (Phi) is 4.45. The molecule has 3 unspecified atom stereocenters. The van der Waals surface area contributed by atoms with E-state index in [0.717, 1.165) is 0 Å². The third-order valence-corrected chi connectivity index (χ3v) is 3.72. The topological polar surface area (TPSA) is 66.8 Å². The van der Waals surface area contributed by atoms with Gasteiger partial charge in [0.25, 0.3) is 5.91 Å². The predicted octanol–water partition coefficient (Wildman–Crippen LogP) is 1.77. The number of hydrogen-bond donors (Lipinski definition) is 1. The van der Waals surface area contributed by atoms with Crippen molar-refractivity contribution in [2.24, 2.45) is 11.8 Å². The number of likely N-dealkylation sites (tertiary alicyclic amines) is 1. The van der Waals surface area contributed by atoms with Gasteiger partial charge in [-0.05, 0) is 37.1 Å². The largest absolute Gasteiger partial charge is 0.481 e. The van der Waals surface area contributed by atoms with Gasteiger partial charge in [-0.3, -0.25) is 9.59 Å². The number of rotatable bonds is 4. The summed E-state index contributed by atoms with van der Waals surface area (Å²) in [6, 6.07) is 5.41. The van der Waals surface area contributed by atoms with E-state index in [9.17, 15) is 14.0 Å². The van der Waals surface area contributed by atoms with E-state index in [1.165, 1.54) is 29.2 Å². The van der Waals surface area contributed by atoms with Gasteiger partial charge in [-0.2, -0.15) is 0 Å². The van der Waals surface area contributed by atoms with Crippen LogP contribution in [0.4, 0.5) is 4.39 Å². The Morgan fingerprint density at radius 3 is 2.48 bits per heavy atom. The normalized spacial score (nSPS) is 22.9. The van der Waals surface area contributed by atoms with Crippen molar-refractivity contribution in [1.82, 2.24) is 4.90 Å². The first-order valence-corrected chi connectivity index (χ1v) is 6.82. The highest BCUT2D eigenvalue weighted by Crippen LogP contribution is 2.24. The molecule has 1 heterocycles. The van der Waals surface area contributed by atoms with Gasteiger partial charge in [0, 0.05) is 13.1 Å². The second kappa shape index (κ2) is 6.11. The molecule has 6 heteroatoms. The fourth-order valence-corrected chi connectivity index (χ4v) is 2.49. The molecule has 1 aliphatic rings. The minimum Gasteiger partial charge on any atom is -0.481 e. The highest BCUT2D eigenvalue weighted by Gasteiger charge is 2.38. The zero-order chi connectivity index (χ0) is 15.6. The molecule has 21 heavy (non-hydrogen) atoms. The quantitative estimate of drug-likeness (QED) is 0.919. The van der Waals surface area contributed by atoms with Gasteiger partial charge in [-0.1, -0.05) is 6.92 Å². The number of carbonyl (C=O) groups is 2. The molecule has 1 aromatic carbocycles. The highest BCUT2D eigenvalue weighted by molar-refractivity contribution is 5.82. The van der Waals surface area contributed by atoms with Crippen LogP contribution >= 0.6 is 0 Å². The summed E-state index contributed by atoms with van der Waals surface area (Å²) in [5, 5.41) is 9.08. The average Bonchev–Trinajstić information content (AvgIpc) is 2.82. The molecule has 5 nitrogen and oxygen atoms in total. The molecule has 0 aromatic heterocycles. The fraction of sp³-hybridized carbons (Fsp3) is 0.467. The maximum Gasteiger partial charge on any atom is 0.308 e. The SMILES string of the molecule is CC(Oc1ccc(F)cc1)C(=O)N1CC(C)C(C(=O)O)C1. The summed E-state index contributed by atoms with van der Waals surface area (Å²) in [6.45, 7) is 4.03. The zero-order valence-electron chi connectivity index (χ0n) is 12.0. The van der Waals surface area contributed by atoms with E-state index in [1.807, 2.05) is 6.92 Å². The van der Waals surface area contributed by atoms with Gasteiger partial charge < -0.3 is 14.7 Å². The minimum absolute atomic E-state index is 0.0792. The summed E-state index contributed by atoms with van der Waals surface area (Å²) in [5.74, 6) is -1.73. The highest BCUT2D eigenvalue weighted by atomic mass is 19.1. The molecule has 1 saturated heterocycles. The molecule has 1 aliphatic heterocycles. The summed E-state index contributed by atoms with van der Waals surface area (Å²) in [7, 11) is 0. The monoisotopic (exact) mass is 295 g/mol. The molecule has 2 rings (SSSR count). The van der Waals surface area contributed by atoms with E-state index < -0.39 is 18.0 Å². The Hall–Kier alpha value is -2.11. The van der Waals surface area contributed by atoms with Gasteiger partial charge in [-0.25, -0.2) is 4.39 Å². The van der Waals surface area contributed by atoms with Crippen molar-refractivity contribution in [2.75, 3.05) is 13.1 Å². The molecule has 1 aromatic rings. The van der Waals surface area contributed by atoms with Crippen LogP contribution in [0.3, 0.4) is 0 Å². The first-order chi connectivity index (χ1) is 9.88. The first-order valence-electron chi connectivity index (χ1n) is 6.82. The number of ether oxygens (including phenoxy) is 1. The predicted molar refractivity (Wildman–Crippen MR) is 73.4 cm³/mol. The maximum atomic E-state index is 12.8. The van der Waals surface area contributed by atoms with Crippen LogP contribution in [0.2, 0.25) is 0 Å². The number of aliphatic carboxylic acids is 1. The number of carboxylic acid groups (broad SMARTS) is 1. The van der Waals surface area contributed by atoms with E-state index in [4.69, 9.17) is 9.84 Å². The summed E-state index contributed by atoms with van der Waals surface area (Å²) in [6.07, 6.45) is -0.741. The smallest absolute Gasteiger partial charge is 0.308 e. The molecule has 0 bridgehead atoms. The van der Waals surface area contributed by atoms with Gasteiger partial charge >= 0.3 is 5.97 Å². The first kappa shape index (κ1) is 15.3. The molecule has 1 amide bonds. The molecule has 1 N–H and O–H groups in total. The van der Waals surface area contributed by atoms with Crippen LogP contribution in [-0.2, 0) is 9.59 Å². The van der Waals surface area contributed by atoms with E-state index >= 15 is 0 Å². The van der Waals surface area contributed by atoms with Crippen molar-refractivity contribution in [2.45, 2.75) is 20.0 Å². The van der Waals surface area contributed by atoms with Gasteiger partial charge in [-0.15, -0.1) is 0 Å². The number of carboxylic acids is 1. The summed E-state index contributed by atoms with van der Waals surface area (Å²) < 4.78 is 18.3. The summed E-state index contributed by atoms with van der Waals surface area (Å²) in [5.41, 5.74) is 0. The Labute approximate surface area is 122 Å². The van der Waals surface area contributed by atoms with Crippen LogP contribution in [0.5, 0.6) is 5.75 Å². The van der Waals surface area contributed by atoms with Crippen LogP contribution in [0.1, 0.15) is 13.8 Å². The molecular formula is C15H18FNO4. The van der Waals surface area contributed by atoms with Gasteiger partial charge in [0.2, 0.25) is 0 Å². The number of nitrogens with zero attached hydrogens (tertiary/aromatic N) is 1. The molecule has 114 valence electrons. The molecule has 0 radical (unpaired) electrons. The van der Waals surface area contributed by atoms with Crippen LogP contribution in [0.25, 0.3) is 0 Å². The maximum absolute atomic E-state index is 12.8. The standard InChI is InChI=1S/C15H18FNO4/c1-9-7-17(8-13(9)15(19)20)14(18)10(2)21-12-5-3-11(16)4-6-12/h3-6,9-10,13H,7-8H2,1-2H3,(H,19,20). The fourth-order valence-electron chi connectivity index (χ4n) is 2.49. The Balaban J connectivity index is 1.97. The lowest BCUT2D eigenvalue weighted by molar-refractivity contribution is -0.142. The van der Waals surface area contributed by atoms with Crippen molar-refractivity contribution in [3.63, 3.8) is 0 Å². The van der Waals surface area contributed by atoms with E-state index in [2.05, 4.69) is 0 Å². The number of benzene rings is 1. The minimum atomic E-state index is -0.884. The van der Waals surface area contributed by atoms with E-state index in [1.54, 1.807) is 6.92 Å². The number of halogens is 1. The molecule has 3 atom stereocenters. The molecule has 1 fully saturated rings. The lowest BCUT2D eigenvalue weighted by atomic mass is 9.99. The van der Waals surface area contributed by atoms with Crippen LogP contribution in [0, 0.1) is 17.7 Å². The molecule has 0 aliphatic carbocycles. The lowest BCUT2D eigenvalue weighted by Gasteiger charge is -2.21. The van der Waals surface area contributed by atoms with Crippen LogP contribution < -0.4 is 4.74 Å². The average molecular weight is 295 g/mol. The molecule has 0 spiro atoms. The van der Waals surface area contributed by atoms with Gasteiger partial charge in [0.15, 0.2) is 6.10 Å². The van der Waals surface area contributed by atoms with Crippen molar-refractivity contribution in [3.8, 4) is 5.75 Å². The van der Waals surface area contributed by atoms with Crippen molar-refractivity contribution < 1.29 is 23.8 Å². The molecule has 0 saturated carbocycles. The van der Waals surface area contributed by atoms with Crippen LogP contribution in [0.15, 0.2) is 24.3 Å². The lowest BCUT2D eigenvalue weighted by Crippen LogP contribution is -2.39. The van der Waals surface area contributed by atoms with Gasteiger partial charge in [0.05, 0.1) is 5.92 Å².